The van der Waals surface area contributed by atoms with Gasteiger partial charge in [0.1, 0.15) is 0 Å². The predicted molar refractivity (Wildman–Crippen MR) is 71.3 cm³/mol. The fraction of sp³-hybridized carbons (Fsp3) is 0.462. The molecule has 1 amide bonds. The van der Waals surface area contributed by atoms with Crippen LogP contribution in [-0.2, 0) is 4.79 Å². The van der Waals surface area contributed by atoms with Gasteiger partial charge in [-0.1, -0.05) is 17.7 Å². The van der Waals surface area contributed by atoms with E-state index in [1.54, 1.807) is 6.92 Å². The van der Waals surface area contributed by atoms with Gasteiger partial charge in [-0.2, -0.15) is 0 Å². The van der Waals surface area contributed by atoms with Gasteiger partial charge in [-0.05, 0) is 32.4 Å². The molecule has 0 spiro atoms. The average Bonchev–Trinajstić information content (AvgIpc) is 2.30. The summed E-state index contributed by atoms with van der Waals surface area (Å²) in [6.07, 6.45) is 0. The van der Waals surface area contributed by atoms with Crippen LogP contribution in [0.2, 0.25) is 0 Å². The monoisotopic (exact) mass is 253 g/mol. The van der Waals surface area contributed by atoms with E-state index in [9.17, 15) is 4.79 Å². The highest BCUT2D eigenvalue weighted by molar-refractivity contribution is 8.00. The number of amides is 1. The maximum absolute atomic E-state index is 11.5. The topological polar surface area (TPSA) is 49.3 Å². The van der Waals surface area contributed by atoms with E-state index in [-0.39, 0.29) is 18.6 Å². The first-order chi connectivity index (χ1) is 8.02. The highest BCUT2D eigenvalue weighted by Crippen LogP contribution is 2.23. The summed E-state index contributed by atoms with van der Waals surface area (Å²) >= 11 is 1.53. The maximum Gasteiger partial charge on any atom is 0.230 e. The number of hydrogen-bond acceptors (Lipinski definition) is 3. The van der Waals surface area contributed by atoms with Crippen LogP contribution in [0.5, 0.6) is 0 Å². The smallest absolute Gasteiger partial charge is 0.230 e. The summed E-state index contributed by atoms with van der Waals surface area (Å²) < 4.78 is 0. The van der Waals surface area contributed by atoms with Gasteiger partial charge in [0, 0.05) is 10.9 Å². The van der Waals surface area contributed by atoms with Crippen LogP contribution >= 0.6 is 11.8 Å². The first-order valence-electron chi connectivity index (χ1n) is 5.63. The second kappa shape index (κ2) is 6.67. The van der Waals surface area contributed by atoms with Crippen molar-refractivity contribution in [3.05, 3.63) is 29.3 Å². The third-order valence-electron chi connectivity index (χ3n) is 2.38. The van der Waals surface area contributed by atoms with E-state index in [1.165, 1.54) is 22.9 Å². The number of aliphatic hydroxyl groups is 1. The first-order valence-corrected chi connectivity index (χ1v) is 6.61. The Morgan fingerprint density at radius 3 is 2.82 bits per heavy atom. The summed E-state index contributed by atoms with van der Waals surface area (Å²) in [5.74, 6) is 0.340. The third kappa shape index (κ3) is 4.79. The Morgan fingerprint density at radius 2 is 2.18 bits per heavy atom. The minimum Gasteiger partial charge on any atom is -0.394 e. The molecule has 0 aliphatic rings. The van der Waals surface area contributed by atoms with Crippen molar-refractivity contribution < 1.29 is 9.90 Å². The molecule has 0 aliphatic carbocycles. The highest BCUT2D eigenvalue weighted by atomic mass is 32.2. The Balaban J connectivity index is 2.50. The standard InChI is InChI=1S/C13H19NO2S/c1-9-4-5-10(2)12(6-9)17-8-13(16)14-11(3)7-15/h4-6,11,15H,7-8H2,1-3H3,(H,14,16). The van der Waals surface area contributed by atoms with Crippen molar-refractivity contribution in [3.8, 4) is 0 Å². The number of thioether (sulfide) groups is 1. The summed E-state index contributed by atoms with van der Waals surface area (Å²) in [5.41, 5.74) is 2.38. The van der Waals surface area contributed by atoms with Crippen molar-refractivity contribution >= 4 is 17.7 Å². The van der Waals surface area contributed by atoms with Crippen LogP contribution < -0.4 is 5.32 Å². The van der Waals surface area contributed by atoms with Gasteiger partial charge in [0.15, 0.2) is 0 Å². The van der Waals surface area contributed by atoms with Gasteiger partial charge >= 0.3 is 0 Å². The molecule has 3 nitrogen and oxygen atoms in total. The van der Waals surface area contributed by atoms with E-state index in [0.29, 0.717) is 5.75 Å². The van der Waals surface area contributed by atoms with E-state index >= 15 is 0 Å². The lowest BCUT2D eigenvalue weighted by molar-refractivity contribution is -0.119. The molecule has 1 aromatic rings. The molecule has 0 heterocycles. The van der Waals surface area contributed by atoms with Gasteiger partial charge in [0.05, 0.1) is 12.4 Å². The van der Waals surface area contributed by atoms with Gasteiger partial charge in [-0.25, -0.2) is 0 Å². The van der Waals surface area contributed by atoms with Gasteiger partial charge < -0.3 is 10.4 Å². The molecule has 0 saturated heterocycles. The molecule has 0 aliphatic heterocycles. The zero-order valence-electron chi connectivity index (χ0n) is 10.5. The fourth-order valence-corrected chi connectivity index (χ4v) is 2.30. The molecule has 0 saturated carbocycles. The molecule has 0 fully saturated rings. The van der Waals surface area contributed by atoms with E-state index in [0.717, 1.165) is 4.90 Å². The van der Waals surface area contributed by atoms with Crippen LogP contribution in [0, 0.1) is 13.8 Å². The summed E-state index contributed by atoms with van der Waals surface area (Å²) in [7, 11) is 0. The Bertz CT molecular complexity index is 393. The van der Waals surface area contributed by atoms with Crippen molar-refractivity contribution in [2.75, 3.05) is 12.4 Å². The van der Waals surface area contributed by atoms with Crippen LogP contribution in [0.1, 0.15) is 18.1 Å². The molecule has 17 heavy (non-hydrogen) atoms. The quantitative estimate of drug-likeness (QED) is 0.788. The van der Waals surface area contributed by atoms with E-state index in [1.807, 2.05) is 13.8 Å². The lowest BCUT2D eigenvalue weighted by atomic mass is 10.2. The normalized spacial score (nSPS) is 12.2. The van der Waals surface area contributed by atoms with Crippen molar-refractivity contribution in [3.63, 3.8) is 0 Å². The highest BCUT2D eigenvalue weighted by Gasteiger charge is 2.07. The summed E-state index contributed by atoms with van der Waals surface area (Å²) in [6, 6.07) is 6.03. The Morgan fingerprint density at radius 1 is 1.47 bits per heavy atom. The van der Waals surface area contributed by atoms with E-state index in [4.69, 9.17) is 5.11 Å². The lowest BCUT2D eigenvalue weighted by Crippen LogP contribution is -2.36. The van der Waals surface area contributed by atoms with Crippen molar-refractivity contribution in [2.24, 2.45) is 0 Å². The Hall–Kier alpha value is -1.00. The van der Waals surface area contributed by atoms with Crippen LogP contribution in [0.25, 0.3) is 0 Å². The molecule has 1 rings (SSSR count). The third-order valence-corrected chi connectivity index (χ3v) is 3.54. The average molecular weight is 253 g/mol. The number of rotatable bonds is 5. The Kier molecular flexibility index (Phi) is 5.51. The predicted octanol–water partition coefficient (Wildman–Crippen LogP) is 1.89. The molecule has 0 aromatic heterocycles. The molecule has 1 aromatic carbocycles. The molecule has 1 unspecified atom stereocenters. The minimum atomic E-state index is -0.179. The molecule has 2 N–H and O–H groups in total. The second-order valence-corrected chi connectivity index (χ2v) is 5.23. The maximum atomic E-state index is 11.5. The zero-order chi connectivity index (χ0) is 12.8. The molecule has 1 atom stereocenters. The molecule has 0 bridgehead atoms. The van der Waals surface area contributed by atoms with Gasteiger partial charge in [-0.3, -0.25) is 4.79 Å². The number of hydrogen-bond donors (Lipinski definition) is 2. The molecule has 94 valence electrons. The number of aryl methyl sites for hydroxylation is 2. The van der Waals surface area contributed by atoms with Crippen molar-refractivity contribution in [1.82, 2.24) is 5.32 Å². The molecule has 4 heteroatoms. The molecular weight excluding hydrogens is 234 g/mol. The lowest BCUT2D eigenvalue weighted by Gasteiger charge is -2.11. The molecule has 0 radical (unpaired) electrons. The zero-order valence-corrected chi connectivity index (χ0v) is 11.3. The van der Waals surface area contributed by atoms with Crippen LogP contribution in [0.4, 0.5) is 0 Å². The molecular formula is C13H19NO2S. The van der Waals surface area contributed by atoms with Gasteiger partial charge in [-0.15, -0.1) is 11.8 Å². The SMILES string of the molecule is Cc1ccc(C)c(SCC(=O)NC(C)CO)c1. The number of nitrogens with one attached hydrogen (secondary N) is 1. The van der Waals surface area contributed by atoms with Crippen LogP contribution in [-0.4, -0.2) is 29.4 Å². The number of carbonyl (C=O) groups excluding carboxylic acids is 1. The second-order valence-electron chi connectivity index (χ2n) is 4.21. The fourth-order valence-electron chi connectivity index (χ4n) is 1.37. The van der Waals surface area contributed by atoms with Gasteiger partial charge in [0.2, 0.25) is 5.91 Å². The Labute approximate surface area is 107 Å². The number of benzene rings is 1. The van der Waals surface area contributed by atoms with E-state index < -0.39 is 0 Å². The number of aliphatic hydroxyl groups excluding tert-OH is 1. The first kappa shape index (κ1) is 14.1. The van der Waals surface area contributed by atoms with Crippen LogP contribution in [0.15, 0.2) is 23.1 Å². The number of carbonyl (C=O) groups is 1. The largest absolute Gasteiger partial charge is 0.394 e. The minimum absolute atomic E-state index is 0.0279. The van der Waals surface area contributed by atoms with E-state index in [2.05, 4.69) is 23.5 Å². The summed E-state index contributed by atoms with van der Waals surface area (Å²) in [4.78, 5) is 12.7. The summed E-state index contributed by atoms with van der Waals surface area (Å²) in [5, 5.41) is 11.6. The van der Waals surface area contributed by atoms with Crippen molar-refractivity contribution in [2.45, 2.75) is 31.7 Å². The summed E-state index contributed by atoms with van der Waals surface area (Å²) in [6.45, 7) is 5.83. The van der Waals surface area contributed by atoms with Crippen molar-refractivity contribution in [1.29, 1.82) is 0 Å². The van der Waals surface area contributed by atoms with Gasteiger partial charge in [0.25, 0.3) is 0 Å². The van der Waals surface area contributed by atoms with Crippen LogP contribution in [0.3, 0.4) is 0 Å².